The fourth-order valence-electron chi connectivity index (χ4n) is 1.19. The first-order chi connectivity index (χ1) is 6.95. The molecule has 5 heteroatoms. The topological polar surface area (TPSA) is 12.0 Å². The van der Waals surface area contributed by atoms with Crippen LogP contribution in [0.2, 0.25) is 0 Å². The molecule has 84 valence electrons. The molecule has 0 atom stereocenters. The van der Waals surface area contributed by atoms with Gasteiger partial charge in [0.25, 0.3) is 0 Å². The molecule has 0 spiro atoms. The fraction of sp³-hybridized carbons (Fsp3) is 0.400. The van der Waals surface area contributed by atoms with Gasteiger partial charge in [0.1, 0.15) is 5.82 Å². The van der Waals surface area contributed by atoms with Gasteiger partial charge in [-0.3, -0.25) is 0 Å². The van der Waals surface area contributed by atoms with E-state index in [9.17, 15) is 17.6 Å². The summed E-state index contributed by atoms with van der Waals surface area (Å²) in [6.45, 7) is 0.530. The monoisotopic (exact) mass is 221 g/mol. The maximum atomic E-state index is 13.2. The Morgan fingerprint density at radius 1 is 1.27 bits per heavy atom. The minimum atomic E-state index is -4.48. The summed E-state index contributed by atoms with van der Waals surface area (Å²) in [5.74, 6) is -0.805. The molecule has 0 aromatic heterocycles. The van der Waals surface area contributed by atoms with Crippen molar-refractivity contribution in [2.45, 2.75) is 12.6 Å². The lowest BCUT2D eigenvalue weighted by molar-refractivity contribution is -0.137. The van der Waals surface area contributed by atoms with Gasteiger partial charge in [-0.1, -0.05) is 6.07 Å². The van der Waals surface area contributed by atoms with Crippen LogP contribution in [0.4, 0.5) is 17.6 Å². The summed E-state index contributed by atoms with van der Waals surface area (Å²) in [7, 11) is 1.70. The molecule has 1 aromatic carbocycles. The Morgan fingerprint density at radius 3 is 2.40 bits per heavy atom. The molecule has 15 heavy (non-hydrogen) atoms. The van der Waals surface area contributed by atoms with Crippen LogP contribution in [-0.4, -0.2) is 13.6 Å². The van der Waals surface area contributed by atoms with E-state index in [0.717, 1.165) is 6.07 Å². The van der Waals surface area contributed by atoms with Crippen molar-refractivity contribution in [3.05, 3.63) is 35.1 Å². The Bertz CT molecular complexity index is 333. The second-order valence-corrected chi connectivity index (χ2v) is 3.16. The van der Waals surface area contributed by atoms with Gasteiger partial charge in [-0.15, -0.1) is 0 Å². The summed E-state index contributed by atoms with van der Waals surface area (Å²) in [6, 6.07) is 2.61. The van der Waals surface area contributed by atoms with Gasteiger partial charge in [-0.05, 0) is 37.7 Å². The number of halogens is 4. The van der Waals surface area contributed by atoms with Crippen molar-refractivity contribution in [2.24, 2.45) is 0 Å². The standard InChI is InChI=1S/C10H11F4N/c1-15-5-4-7-2-3-8(6-9(7)11)10(12,13)14/h2-3,6,15H,4-5H2,1H3. The molecule has 1 nitrogen and oxygen atoms in total. The molecule has 0 unspecified atom stereocenters. The molecule has 0 radical (unpaired) electrons. The average Bonchev–Trinajstić information content (AvgIpc) is 2.14. The highest BCUT2D eigenvalue weighted by Crippen LogP contribution is 2.30. The van der Waals surface area contributed by atoms with Gasteiger partial charge in [-0.25, -0.2) is 4.39 Å². The van der Waals surface area contributed by atoms with Gasteiger partial charge in [-0.2, -0.15) is 13.2 Å². The zero-order chi connectivity index (χ0) is 11.5. The molecular weight excluding hydrogens is 210 g/mol. The second kappa shape index (κ2) is 4.61. The molecule has 1 rings (SSSR count). The molecule has 0 aliphatic heterocycles. The van der Waals surface area contributed by atoms with E-state index >= 15 is 0 Å². The third-order valence-corrected chi connectivity index (χ3v) is 2.02. The van der Waals surface area contributed by atoms with Crippen molar-refractivity contribution in [3.63, 3.8) is 0 Å². The maximum Gasteiger partial charge on any atom is 0.416 e. The van der Waals surface area contributed by atoms with Crippen LogP contribution in [0.5, 0.6) is 0 Å². The number of rotatable bonds is 3. The normalized spacial score (nSPS) is 11.8. The average molecular weight is 221 g/mol. The first kappa shape index (κ1) is 12.0. The Balaban J connectivity index is 2.88. The zero-order valence-electron chi connectivity index (χ0n) is 8.16. The molecule has 1 aromatic rings. The van der Waals surface area contributed by atoms with Gasteiger partial charge in [0, 0.05) is 0 Å². The third kappa shape index (κ3) is 3.20. The minimum absolute atomic E-state index is 0.289. The van der Waals surface area contributed by atoms with E-state index in [1.807, 2.05) is 0 Å². The van der Waals surface area contributed by atoms with Crippen LogP contribution in [0.15, 0.2) is 18.2 Å². The summed E-state index contributed by atoms with van der Waals surface area (Å²) >= 11 is 0. The van der Waals surface area contributed by atoms with Crippen LogP contribution in [0.1, 0.15) is 11.1 Å². The third-order valence-electron chi connectivity index (χ3n) is 2.02. The highest BCUT2D eigenvalue weighted by Gasteiger charge is 2.30. The van der Waals surface area contributed by atoms with Gasteiger partial charge in [0.2, 0.25) is 0 Å². The van der Waals surface area contributed by atoms with Crippen molar-refractivity contribution in [1.29, 1.82) is 0 Å². The van der Waals surface area contributed by atoms with E-state index in [2.05, 4.69) is 5.32 Å². The summed E-state index contributed by atoms with van der Waals surface area (Å²) in [5.41, 5.74) is -0.662. The summed E-state index contributed by atoms with van der Waals surface area (Å²) in [5, 5.41) is 2.80. The number of alkyl halides is 3. The van der Waals surface area contributed by atoms with Crippen molar-refractivity contribution < 1.29 is 17.6 Å². The fourth-order valence-corrected chi connectivity index (χ4v) is 1.19. The lowest BCUT2D eigenvalue weighted by Crippen LogP contribution is -2.12. The first-order valence-corrected chi connectivity index (χ1v) is 4.45. The van der Waals surface area contributed by atoms with Crippen molar-refractivity contribution in [1.82, 2.24) is 5.32 Å². The summed E-state index contributed by atoms with van der Waals surface area (Å²) in [6.07, 6.45) is -4.11. The Hall–Kier alpha value is -1.10. The molecule has 0 aliphatic carbocycles. The molecule has 0 aliphatic rings. The van der Waals surface area contributed by atoms with Gasteiger partial charge < -0.3 is 5.32 Å². The van der Waals surface area contributed by atoms with Crippen molar-refractivity contribution in [2.75, 3.05) is 13.6 Å². The molecule has 0 saturated carbocycles. The smallest absolute Gasteiger partial charge is 0.319 e. The van der Waals surface area contributed by atoms with Gasteiger partial charge >= 0.3 is 6.18 Å². The van der Waals surface area contributed by atoms with Crippen LogP contribution in [0, 0.1) is 5.82 Å². The molecular formula is C10H11F4N. The highest BCUT2D eigenvalue weighted by molar-refractivity contribution is 5.26. The largest absolute Gasteiger partial charge is 0.416 e. The predicted molar refractivity (Wildman–Crippen MR) is 49.0 cm³/mol. The van der Waals surface area contributed by atoms with Gasteiger partial charge in [0.05, 0.1) is 5.56 Å². The molecule has 0 saturated heterocycles. The van der Waals surface area contributed by atoms with Crippen LogP contribution in [0.3, 0.4) is 0 Å². The highest BCUT2D eigenvalue weighted by atomic mass is 19.4. The zero-order valence-corrected chi connectivity index (χ0v) is 8.16. The molecule has 0 heterocycles. The first-order valence-electron chi connectivity index (χ1n) is 4.45. The van der Waals surface area contributed by atoms with Crippen molar-refractivity contribution in [3.8, 4) is 0 Å². The summed E-state index contributed by atoms with van der Waals surface area (Å²) in [4.78, 5) is 0. The van der Waals surface area contributed by atoms with E-state index in [1.165, 1.54) is 6.07 Å². The number of hydrogen-bond acceptors (Lipinski definition) is 1. The lowest BCUT2D eigenvalue weighted by atomic mass is 10.1. The maximum absolute atomic E-state index is 13.2. The minimum Gasteiger partial charge on any atom is -0.319 e. The number of benzene rings is 1. The van der Waals surface area contributed by atoms with E-state index < -0.39 is 17.6 Å². The van der Waals surface area contributed by atoms with E-state index in [-0.39, 0.29) is 5.56 Å². The molecule has 1 N–H and O–H groups in total. The van der Waals surface area contributed by atoms with Crippen LogP contribution < -0.4 is 5.32 Å². The van der Waals surface area contributed by atoms with Crippen molar-refractivity contribution >= 4 is 0 Å². The quantitative estimate of drug-likeness (QED) is 0.773. The van der Waals surface area contributed by atoms with Crippen LogP contribution in [-0.2, 0) is 12.6 Å². The Labute approximate surface area is 85.1 Å². The molecule has 0 fully saturated rings. The molecule has 0 bridgehead atoms. The Kier molecular flexibility index (Phi) is 3.68. The predicted octanol–water partition coefficient (Wildman–Crippen LogP) is 2.61. The van der Waals surface area contributed by atoms with E-state index in [4.69, 9.17) is 0 Å². The SMILES string of the molecule is CNCCc1ccc(C(F)(F)F)cc1F. The van der Waals surface area contributed by atoms with Crippen LogP contribution in [0.25, 0.3) is 0 Å². The molecule has 0 amide bonds. The van der Waals surface area contributed by atoms with E-state index in [0.29, 0.717) is 19.0 Å². The van der Waals surface area contributed by atoms with Crippen LogP contribution >= 0.6 is 0 Å². The lowest BCUT2D eigenvalue weighted by Gasteiger charge is -2.08. The number of hydrogen-bond donors (Lipinski definition) is 1. The summed E-state index contributed by atoms with van der Waals surface area (Å²) < 4.78 is 49.7. The number of likely N-dealkylation sites (N-methyl/N-ethyl adjacent to an activating group) is 1. The number of nitrogens with one attached hydrogen (secondary N) is 1. The van der Waals surface area contributed by atoms with Gasteiger partial charge in [0.15, 0.2) is 0 Å². The Morgan fingerprint density at radius 2 is 1.93 bits per heavy atom. The van der Waals surface area contributed by atoms with E-state index in [1.54, 1.807) is 7.05 Å². The second-order valence-electron chi connectivity index (χ2n) is 3.16.